The Morgan fingerprint density at radius 3 is 2.53 bits per heavy atom. The number of piperazine rings is 1. The molecule has 4 heterocycles. The van der Waals surface area contributed by atoms with Gasteiger partial charge in [-0.1, -0.05) is 0 Å². The van der Waals surface area contributed by atoms with Crippen molar-refractivity contribution < 1.29 is 27.6 Å². The second kappa shape index (κ2) is 8.66. The Labute approximate surface area is 197 Å². The van der Waals surface area contributed by atoms with Gasteiger partial charge >= 0.3 is 12.1 Å². The lowest BCUT2D eigenvalue weighted by Crippen LogP contribution is -2.52. The van der Waals surface area contributed by atoms with E-state index in [1.165, 1.54) is 17.4 Å². The highest BCUT2D eigenvalue weighted by Gasteiger charge is 2.45. The van der Waals surface area contributed by atoms with E-state index >= 15 is 0 Å². The van der Waals surface area contributed by atoms with E-state index < -0.39 is 12.1 Å². The minimum absolute atomic E-state index is 0.00109. The van der Waals surface area contributed by atoms with Crippen molar-refractivity contribution in [2.75, 3.05) is 49.1 Å². The van der Waals surface area contributed by atoms with Crippen LogP contribution in [0.1, 0.15) is 21.8 Å². The smallest absolute Gasteiger partial charge is 0.334 e. The second-order valence-electron chi connectivity index (χ2n) is 8.55. The zero-order chi connectivity index (χ0) is 24.0. The van der Waals surface area contributed by atoms with Crippen LogP contribution in [0.25, 0.3) is 0 Å². The molecule has 3 amide bonds. The first kappa shape index (κ1) is 22.8. The fourth-order valence-corrected chi connectivity index (χ4v) is 5.46. The van der Waals surface area contributed by atoms with Crippen LogP contribution in [-0.2, 0) is 16.0 Å². The van der Waals surface area contributed by atoms with Crippen molar-refractivity contribution in [1.29, 1.82) is 0 Å². The monoisotopic (exact) mass is 493 g/mol. The zero-order valence-corrected chi connectivity index (χ0v) is 18.9. The summed E-state index contributed by atoms with van der Waals surface area (Å²) in [5.41, 5.74) is 1.50. The van der Waals surface area contributed by atoms with E-state index in [-0.39, 0.29) is 30.1 Å². The number of benzene rings is 1. The number of aromatic nitrogens is 1. The molecule has 1 unspecified atom stereocenters. The highest BCUT2D eigenvalue weighted by molar-refractivity contribution is 7.11. The van der Waals surface area contributed by atoms with E-state index in [2.05, 4.69) is 9.88 Å². The molecule has 34 heavy (non-hydrogen) atoms. The Hall–Kier alpha value is -2.99. The predicted octanol–water partition coefficient (Wildman–Crippen LogP) is 2.16. The molecule has 2 saturated heterocycles. The SMILES string of the molecule is O=C(c1nccs1)N1CCN(C2CC(=O)N(c3ccc4c(c3)CCN4C(=O)C(F)(F)F)C2)CC1. The Morgan fingerprint density at radius 2 is 1.85 bits per heavy atom. The van der Waals surface area contributed by atoms with Crippen molar-refractivity contribution in [3.05, 3.63) is 40.3 Å². The maximum absolute atomic E-state index is 12.9. The molecular formula is C22H22F3N5O3S. The maximum Gasteiger partial charge on any atom is 0.471 e. The average Bonchev–Trinajstić information content (AvgIpc) is 3.57. The number of alkyl halides is 3. The first-order valence-electron chi connectivity index (χ1n) is 11.0. The molecule has 5 rings (SSSR count). The standard InChI is InChI=1S/C22H22F3N5O3S/c23-22(24,25)21(33)29-5-3-14-11-15(1-2-17(14)29)30-13-16(12-18(30)31)27-6-8-28(9-7-27)20(32)19-26-4-10-34-19/h1-2,4,10-11,16H,3,5-9,12-13H2. The average molecular weight is 494 g/mol. The molecule has 1 aromatic carbocycles. The lowest BCUT2D eigenvalue weighted by atomic mass is 10.1. The van der Waals surface area contributed by atoms with Crippen molar-refractivity contribution >= 4 is 40.4 Å². The van der Waals surface area contributed by atoms with E-state index in [0.29, 0.717) is 61.8 Å². The Bertz CT molecular complexity index is 1120. The van der Waals surface area contributed by atoms with E-state index in [9.17, 15) is 27.6 Å². The van der Waals surface area contributed by atoms with E-state index in [4.69, 9.17) is 0 Å². The molecule has 1 aromatic heterocycles. The van der Waals surface area contributed by atoms with Crippen molar-refractivity contribution in [2.45, 2.75) is 25.1 Å². The zero-order valence-electron chi connectivity index (χ0n) is 18.1. The van der Waals surface area contributed by atoms with Crippen LogP contribution in [0.15, 0.2) is 29.8 Å². The molecule has 12 heteroatoms. The van der Waals surface area contributed by atoms with Crippen molar-refractivity contribution in [2.24, 2.45) is 0 Å². The van der Waals surface area contributed by atoms with Gasteiger partial charge in [-0.05, 0) is 30.2 Å². The van der Waals surface area contributed by atoms with Gasteiger partial charge in [-0.15, -0.1) is 11.3 Å². The van der Waals surface area contributed by atoms with Gasteiger partial charge in [-0.3, -0.25) is 19.3 Å². The maximum atomic E-state index is 12.9. The molecular weight excluding hydrogens is 471 g/mol. The number of nitrogens with zero attached hydrogens (tertiary/aromatic N) is 5. The number of hydrogen-bond acceptors (Lipinski definition) is 6. The van der Waals surface area contributed by atoms with Gasteiger partial charge in [0.2, 0.25) is 5.91 Å². The van der Waals surface area contributed by atoms with Crippen molar-refractivity contribution in [3.63, 3.8) is 0 Å². The molecule has 3 aliphatic heterocycles. The molecule has 8 nitrogen and oxygen atoms in total. The van der Waals surface area contributed by atoms with Gasteiger partial charge in [0.25, 0.3) is 5.91 Å². The normalized spacial score (nSPS) is 21.3. The summed E-state index contributed by atoms with van der Waals surface area (Å²) in [6, 6.07) is 4.81. The highest BCUT2D eigenvalue weighted by atomic mass is 32.1. The predicted molar refractivity (Wildman–Crippen MR) is 119 cm³/mol. The van der Waals surface area contributed by atoms with Gasteiger partial charge in [0, 0.05) is 74.7 Å². The van der Waals surface area contributed by atoms with Crippen LogP contribution in [0.3, 0.4) is 0 Å². The first-order valence-corrected chi connectivity index (χ1v) is 11.8. The van der Waals surface area contributed by atoms with Crippen LogP contribution in [0, 0.1) is 0 Å². The quantitative estimate of drug-likeness (QED) is 0.655. The van der Waals surface area contributed by atoms with Crippen LogP contribution < -0.4 is 9.80 Å². The fourth-order valence-electron chi connectivity index (χ4n) is 4.86. The van der Waals surface area contributed by atoms with Gasteiger partial charge in [-0.25, -0.2) is 4.98 Å². The van der Waals surface area contributed by atoms with Crippen LogP contribution in [-0.4, -0.2) is 84.0 Å². The summed E-state index contributed by atoms with van der Waals surface area (Å²) in [5, 5.41) is 2.25. The molecule has 1 atom stereocenters. The number of hydrogen-bond donors (Lipinski definition) is 0. The number of carbonyl (C=O) groups is 3. The van der Waals surface area contributed by atoms with E-state index in [1.807, 2.05) is 0 Å². The van der Waals surface area contributed by atoms with Gasteiger partial charge in [0.15, 0.2) is 5.01 Å². The number of fused-ring (bicyclic) bond motifs is 1. The summed E-state index contributed by atoms with van der Waals surface area (Å²) in [5.74, 6) is -1.99. The number of halogens is 3. The topological polar surface area (TPSA) is 77.1 Å². The molecule has 0 aliphatic carbocycles. The Kier molecular flexibility index (Phi) is 5.80. The molecule has 0 N–H and O–H groups in total. The molecule has 2 fully saturated rings. The third kappa shape index (κ3) is 4.16. The van der Waals surface area contributed by atoms with Crippen LogP contribution in [0.2, 0.25) is 0 Å². The van der Waals surface area contributed by atoms with E-state index in [1.54, 1.807) is 33.5 Å². The van der Waals surface area contributed by atoms with Crippen LogP contribution in [0.4, 0.5) is 24.5 Å². The first-order chi connectivity index (χ1) is 16.2. The molecule has 0 radical (unpaired) electrons. The number of carbonyl (C=O) groups excluding carboxylic acids is 3. The number of thiazole rings is 1. The van der Waals surface area contributed by atoms with Crippen molar-refractivity contribution in [1.82, 2.24) is 14.8 Å². The third-order valence-corrected chi connectivity index (χ3v) is 7.36. The highest BCUT2D eigenvalue weighted by Crippen LogP contribution is 2.36. The summed E-state index contributed by atoms with van der Waals surface area (Å²) in [7, 11) is 0. The minimum Gasteiger partial charge on any atom is -0.334 e. The summed E-state index contributed by atoms with van der Waals surface area (Å²) in [6.07, 6.45) is -2.66. The molecule has 0 bridgehead atoms. The van der Waals surface area contributed by atoms with Crippen LogP contribution in [0.5, 0.6) is 0 Å². The minimum atomic E-state index is -4.92. The second-order valence-corrected chi connectivity index (χ2v) is 9.44. The lowest BCUT2D eigenvalue weighted by Gasteiger charge is -2.37. The molecule has 3 aliphatic rings. The number of amides is 3. The lowest BCUT2D eigenvalue weighted by molar-refractivity contribution is -0.170. The summed E-state index contributed by atoms with van der Waals surface area (Å²) in [6.45, 7) is 2.88. The molecule has 180 valence electrons. The largest absolute Gasteiger partial charge is 0.471 e. The van der Waals surface area contributed by atoms with Gasteiger partial charge in [-0.2, -0.15) is 13.2 Å². The van der Waals surface area contributed by atoms with Crippen LogP contribution >= 0.6 is 11.3 Å². The summed E-state index contributed by atoms with van der Waals surface area (Å²) in [4.78, 5) is 47.4. The molecule has 0 spiro atoms. The van der Waals surface area contributed by atoms with Crippen molar-refractivity contribution in [3.8, 4) is 0 Å². The fraction of sp³-hybridized carbons (Fsp3) is 0.455. The Morgan fingerprint density at radius 1 is 1.09 bits per heavy atom. The molecule has 2 aromatic rings. The Balaban J connectivity index is 1.22. The van der Waals surface area contributed by atoms with Gasteiger partial charge < -0.3 is 14.7 Å². The summed E-state index contributed by atoms with van der Waals surface area (Å²) < 4.78 is 38.6. The molecule has 0 saturated carbocycles. The number of anilines is 2. The summed E-state index contributed by atoms with van der Waals surface area (Å²) >= 11 is 1.32. The third-order valence-electron chi connectivity index (χ3n) is 6.60. The number of rotatable bonds is 3. The van der Waals surface area contributed by atoms with E-state index in [0.717, 1.165) is 4.90 Å². The van der Waals surface area contributed by atoms with Gasteiger partial charge in [0.05, 0.1) is 0 Å². The van der Waals surface area contributed by atoms with Gasteiger partial charge in [0.1, 0.15) is 0 Å².